The zero-order chi connectivity index (χ0) is 15.8. The molecule has 1 amide bonds. The molecule has 9 heteroatoms. The van der Waals surface area contributed by atoms with Crippen molar-refractivity contribution in [2.75, 3.05) is 16.8 Å². The maximum atomic E-state index is 12.1. The third-order valence-corrected chi connectivity index (χ3v) is 6.27. The lowest BCUT2D eigenvalue weighted by Crippen LogP contribution is -2.24. The summed E-state index contributed by atoms with van der Waals surface area (Å²) in [5.74, 6) is -1.20. The Balaban J connectivity index is 2.23. The van der Waals surface area contributed by atoms with E-state index in [-0.39, 0.29) is 22.8 Å². The first-order valence-electron chi connectivity index (χ1n) is 6.24. The summed E-state index contributed by atoms with van der Waals surface area (Å²) in [7, 11) is -7.03. The second-order valence-electron chi connectivity index (χ2n) is 5.06. The van der Waals surface area contributed by atoms with Crippen molar-refractivity contribution in [2.24, 2.45) is 11.1 Å². The predicted molar refractivity (Wildman–Crippen MR) is 77.9 cm³/mol. The number of sulfone groups is 1. The smallest absolute Gasteiger partial charge is 0.238 e. The first kappa shape index (κ1) is 15.9. The lowest BCUT2D eigenvalue weighted by molar-refractivity contribution is -0.119. The number of nitrogens with two attached hydrogens (primary N) is 1. The van der Waals surface area contributed by atoms with Gasteiger partial charge in [0.25, 0.3) is 0 Å². The van der Waals surface area contributed by atoms with E-state index in [1.807, 2.05) is 0 Å². The van der Waals surface area contributed by atoms with Crippen molar-refractivity contribution in [1.29, 1.82) is 0 Å². The monoisotopic (exact) mass is 332 g/mol. The summed E-state index contributed by atoms with van der Waals surface area (Å²) in [6.07, 6.45) is 0.280. The highest BCUT2D eigenvalue weighted by Crippen LogP contribution is 2.25. The zero-order valence-corrected chi connectivity index (χ0v) is 13.0. The summed E-state index contributed by atoms with van der Waals surface area (Å²) in [5, 5.41) is 7.67. The number of hydrogen-bond acceptors (Lipinski definition) is 5. The van der Waals surface area contributed by atoms with Gasteiger partial charge in [0.05, 0.1) is 22.3 Å². The summed E-state index contributed by atoms with van der Waals surface area (Å²) in [5.41, 5.74) is 0.644. The molecule has 1 saturated heterocycles. The fourth-order valence-corrected chi connectivity index (χ4v) is 4.84. The van der Waals surface area contributed by atoms with Crippen LogP contribution in [0.25, 0.3) is 0 Å². The normalized spacial score (nSPS) is 21.1. The van der Waals surface area contributed by atoms with E-state index in [1.54, 1.807) is 6.07 Å². The second kappa shape index (κ2) is 5.39. The van der Waals surface area contributed by atoms with Gasteiger partial charge in [0.1, 0.15) is 0 Å². The number of sulfonamides is 1. The molecule has 21 heavy (non-hydrogen) atoms. The Kier molecular flexibility index (Phi) is 4.09. The molecule has 0 radical (unpaired) electrons. The van der Waals surface area contributed by atoms with Crippen molar-refractivity contribution in [3.05, 3.63) is 23.8 Å². The molecule has 1 fully saturated rings. The van der Waals surface area contributed by atoms with Crippen molar-refractivity contribution < 1.29 is 21.6 Å². The Morgan fingerprint density at radius 3 is 2.57 bits per heavy atom. The van der Waals surface area contributed by atoms with E-state index in [9.17, 15) is 21.6 Å². The molecule has 1 atom stereocenters. The summed E-state index contributed by atoms with van der Waals surface area (Å²) < 4.78 is 45.6. The molecule has 1 unspecified atom stereocenters. The van der Waals surface area contributed by atoms with Gasteiger partial charge in [-0.15, -0.1) is 0 Å². The molecule has 1 aliphatic rings. The Morgan fingerprint density at radius 2 is 2.05 bits per heavy atom. The molecule has 0 bridgehead atoms. The Morgan fingerprint density at radius 1 is 1.38 bits per heavy atom. The summed E-state index contributed by atoms with van der Waals surface area (Å²) in [4.78, 5) is 12.0. The maximum Gasteiger partial charge on any atom is 0.238 e. The number of carbonyl (C=O) groups is 1. The van der Waals surface area contributed by atoms with Crippen LogP contribution in [-0.4, -0.2) is 34.2 Å². The Hall–Kier alpha value is -1.45. The van der Waals surface area contributed by atoms with Crippen molar-refractivity contribution in [2.45, 2.75) is 18.2 Å². The Bertz CT molecular complexity index is 784. The van der Waals surface area contributed by atoms with Gasteiger partial charge >= 0.3 is 0 Å². The molecule has 116 valence electrons. The molecular formula is C12H16N2O5S2. The van der Waals surface area contributed by atoms with Crippen LogP contribution >= 0.6 is 0 Å². The van der Waals surface area contributed by atoms with Crippen LogP contribution in [0, 0.1) is 12.8 Å². The minimum Gasteiger partial charge on any atom is -0.326 e. The molecule has 0 aromatic heterocycles. The van der Waals surface area contributed by atoms with Crippen LogP contribution in [0.2, 0.25) is 0 Å². The van der Waals surface area contributed by atoms with Crippen LogP contribution in [0.1, 0.15) is 12.0 Å². The first-order chi connectivity index (χ1) is 9.60. The number of anilines is 1. The quantitative estimate of drug-likeness (QED) is 0.807. The third kappa shape index (κ3) is 3.60. The lowest BCUT2D eigenvalue weighted by Gasteiger charge is -2.13. The van der Waals surface area contributed by atoms with Crippen LogP contribution in [0.3, 0.4) is 0 Å². The number of carbonyl (C=O) groups excluding carboxylic acids is 1. The first-order valence-corrected chi connectivity index (χ1v) is 9.60. The molecule has 1 heterocycles. The topological polar surface area (TPSA) is 123 Å². The van der Waals surface area contributed by atoms with Crippen molar-refractivity contribution in [3.8, 4) is 0 Å². The van der Waals surface area contributed by atoms with Gasteiger partial charge in [-0.25, -0.2) is 22.0 Å². The van der Waals surface area contributed by atoms with Crippen molar-refractivity contribution >= 4 is 31.5 Å². The number of rotatable bonds is 3. The highest BCUT2D eigenvalue weighted by Gasteiger charge is 2.33. The standard InChI is InChI=1S/C12H16N2O5S2/c1-8-10(3-2-4-11(8)21(13,18)19)14-12(15)9-5-6-20(16,17)7-9/h2-4,9H,5-7H2,1H3,(H,14,15)(H2,13,18,19). The van der Waals surface area contributed by atoms with Gasteiger partial charge in [-0.3, -0.25) is 4.79 Å². The molecule has 2 rings (SSSR count). The summed E-state index contributed by atoms with van der Waals surface area (Å²) in [6, 6.07) is 4.36. The molecule has 3 N–H and O–H groups in total. The largest absolute Gasteiger partial charge is 0.326 e. The van der Waals surface area contributed by atoms with Gasteiger partial charge in [-0.05, 0) is 31.0 Å². The highest BCUT2D eigenvalue weighted by molar-refractivity contribution is 7.91. The SMILES string of the molecule is Cc1c(NC(=O)C2CCS(=O)(=O)C2)cccc1S(N)(=O)=O. The van der Waals surface area contributed by atoms with E-state index in [1.165, 1.54) is 19.1 Å². The van der Waals surface area contributed by atoms with Gasteiger partial charge in [0.2, 0.25) is 15.9 Å². The molecule has 1 aromatic rings. The van der Waals surface area contributed by atoms with Gasteiger partial charge < -0.3 is 5.32 Å². The predicted octanol–water partition coefficient (Wildman–Crippen LogP) is 0.0156. The lowest BCUT2D eigenvalue weighted by atomic mass is 10.1. The average Bonchev–Trinajstić information content (AvgIpc) is 2.71. The van der Waals surface area contributed by atoms with Crippen LogP contribution in [0.5, 0.6) is 0 Å². The van der Waals surface area contributed by atoms with E-state index in [2.05, 4.69) is 5.32 Å². The van der Waals surface area contributed by atoms with Crippen LogP contribution < -0.4 is 10.5 Å². The maximum absolute atomic E-state index is 12.1. The minimum absolute atomic E-state index is 0.00128. The Labute approximate surface area is 123 Å². The summed E-state index contributed by atoms with van der Waals surface area (Å²) in [6.45, 7) is 1.53. The molecular weight excluding hydrogens is 316 g/mol. The van der Waals surface area contributed by atoms with Crippen molar-refractivity contribution in [3.63, 3.8) is 0 Å². The van der Waals surface area contributed by atoms with Gasteiger partial charge in [-0.1, -0.05) is 6.07 Å². The van der Waals surface area contributed by atoms with E-state index >= 15 is 0 Å². The van der Waals surface area contributed by atoms with Crippen molar-refractivity contribution in [1.82, 2.24) is 0 Å². The average molecular weight is 332 g/mol. The second-order valence-corrected chi connectivity index (χ2v) is 8.82. The zero-order valence-electron chi connectivity index (χ0n) is 11.4. The summed E-state index contributed by atoms with van der Waals surface area (Å²) >= 11 is 0. The van der Waals surface area contributed by atoms with E-state index in [0.29, 0.717) is 11.3 Å². The number of nitrogens with one attached hydrogen (secondary N) is 1. The highest BCUT2D eigenvalue weighted by atomic mass is 32.2. The molecule has 1 aromatic carbocycles. The van der Waals surface area contributed by atoms with Gasteiger partial charge in [-0.2, -0.15) is 0 Å². The van der Waals surface area contributed by atoms with Crippen LogP contribution in [0.4, 0.5) is 5.69 Å². The molecule has 0 aliphatic carbocycles. The van der Waals surface area contributed by atoms with Crippen LogP contribution in [-0.2, 0) is 24.7 Å². The molecule has 0 spiro atoms. The third-order valence-electron chi connectivity index (χ3n) is 3.45. The van der Waals surface area contributed by atoms with E-state index in [4.69, 9.17) is 5.14 Å². The minimum atomic E-state index is -3.88. The van der Waals surface area contributed by atoms with Gasteiger partial charge in [0, 0.05) is 5.69 Å². The van der Waals surface area contributed by atoms with Gasteiger partial charge in [0.15, 0.2) is 9.84 Å². The number of amides is 1. The van der Waals surface area contributed by atoms with Crippen LogP contribution in [0.15, 0.2) is 23.1 Å². The molecule has 1 aliphatic heterocycles. The molecule has 0 saturated carbocycles. The fourth-order valence-electron chi connectivity index (χ4n) is 2.29. The number of primary sulfonamides is 1. The molecule has 7 nitrogen and oxygen atoms in total. The number of benzene rings is 1. The number of hydrogen-bond donors (Lipinski definition) is 2. The fraction of sp³-hybridized carbons (Fsp3) is 0.417. The van der Waals surface area contributed by atoms with E-state index < -0.39 is 31.7 Å². The van der Waals surface area contributed by atoms with E-state index in [0.717, 1.165) is 0 Å².